The minimum absolute atomic E-state index is 0.0434. The van der Waals surface area contributed by atoms with E-state index in [-0.39, 0.29) is 10.8 Å². The molecule has 166 valence electrons. The van der Waals surface area contributed by atoms with E-state index in [4.69, 9.17) is 18.6 Å². The molecule has 2 aromatic carbocycles. The SMILES string of the molecule is CCN(C)c1cccc(C)c1Pc1cc(C(C)(C)C)cc(C(C)(C)C)c1O.[Cl][Ti][Cl]. The quantitative estimate of drug-likeness (QED) is 0.368. The van der Waals surface area contributed by atoms with E-state index in [1.165, 1.54) is 22.1 Å². The van der Waals surface area contributed by atoms with Gasteiger partial charge in [0.15, 0.2) is 0 Å². The van der Waals surface area contributed by atoms with Gasteiger partial charge in [0, 0.05) is 35.5 Å². The fourth-order valence-corrected chi connectivity index (χ4v) is 4.61. The first kappa shape index (κ1) is 27.8. The van der Waals surface area contributed by atoms with Crippen LogP contribution in [0, 0.1) is 6.92 Å². The van der Waals surface area contributed by atoms with Gasteiger partial charge in [0.25, 0.3) is 0 Å². The summed E-state index contributed by atoms with van der Waals surface area (Å²) in [4.78, 5) is 2.28. The Morgan fingerprint density at radius 3 is 2.07 bits per heavy atom. The Labute approximate surface area is 202 Å². The van der Waals surface area contributed by atoms with E-state index in [9.17, 15) is 5.11 Å². The Morgan fingerprint density at radius 2 is 1.60 bits per heavy atom. The summed E-state index contributed by atoms with van der Waals surface area (Å²) < 4.78 is 0. The average molecular weight is 504 g/mol. The van der Waals surface area contributed by atoms with Crippen LogP contribution in [0.3, 0.4) is 0 Å². The fourth-order valence-electron chi connectivity index (χ4n) is 3.17. The van der Waals surface area contributed by atoms with Crippen molar-refractivity contribution in [1.29, 1.82) is 0 Å². The normalized spacial score (nSPS) is 12.0. The number of aromatic hydroxyl groups is 1. The number of hydrogen-bond donors (Lipinski definition) is 1. The number of rotatable bonds is 4. The number of halogens is 2. The molecule has 2 rings (SSSR count). The van der Waals surface area contributed by atoms with Gasteiger partial charge in [-0.15, -0.1) is 0 Å². The number of phenols is 1. The van der Waals surface area contributed by atoms with E-state index in [2.05, 4.69) is 97.7 Å². The summed E-state index contributed by atoms with van der Waals surface area (Å²) in [6.45, 7) is 18.5. The van der Waals surface area contributed by atoms with Crippen LogP contribution in [-0.2, 0) is 27.9 Å². The summed E-state index contributed by atoms with van der Waals surface area (Å²) in [5.74, 6) is 0.460. The molecule has 0 aliphatic carbocycles. The maximum absolute atomic E-state index is 11.1. The van der Waals surface area contributed by atoms with Crippen LogP contribution in [0.15, 0.2) is 30.3 Å². The molecule has 1 atom stereocenters. The van der Waals surface area contributed by atoms with Gasteiger partial charge in [-0.25, -0.2) is 0 Å². The van der Waals surface area contributed by atoms with Gasteiger partial charge in [-0.05, 0) is 47.9 Å². The maximum atomic E-state index is 11.1. The minimum atomic E-state index is -0.556. The third-order valence-electron chi connectivity index (χ3n) is 5.18. The molecule has 2 nitrogen and oxygen atoms in total. The molecule has 0 radical (unpaired) electrons. The van der Waals surface area contributed by atoms with Crippen molar-refractivity contribution in [1.82, 2.24) is 0 Å². The predicted octanol–water partition coefficient (Wildman–Crippen LogP) is 6.76. The summed E-state index contributed by atoms with van der Waals surface area (Å²) in [6, 6.07) is 10.9. The summed E-state index contributed by atoms with van der Waals surface area (Å²) in [5, 5.41) is 13.5. The van der Waals surface area contributed by atoms with Gasteiger partial charge in [-0.1, -0.05) is 68.3 Å². The molecule has 0 fully saturated rings. The summed E-state index contributed by atoms with van der Waals surface area (Å²) in [7, 11) is 12.3. The fraction of sp³-hybridized carbons (Fsp3) is 0.500. The van der Waals surface area contributed by atoms with Crippen molar-refractivity contribution < 1.29 is 22.1 Å². The third kappa shape index (κ3) is 7.42. The van der Waals surface area contributed by atoms with Crippen LogP contribution in [0.4, 0.5) is 5.69 Å². The second-order valence-electron chi connectivity index (χ2n) is 9.60. The van der Waals surface area contributed by atoms with Crippen LogP contribution in [0.5, 0.6) is 5.75 Å². The first-order chi connectivity index (χ1) is 13.8. The molecule has 0 aliphatic heterocycles. The Kier molecular flexibility index (Phi) is 10.7. The molecule has 1 unspecified atom stereocenters. The Balaban J connectivity index is 0.00000141. The second kappa shape index (κ2) is 11.6. The van der Waals surface area contributed by atoms with Gasteiger partial charge >= 0.3 is 35.6 Å². The zero-order valence-electron chi connectivity index (χ0n) is 19.7. The Morgan fingerprint density at radius 1 is 1.03 bits per heavy atom. The van der Waals surface area contributed by atoms with E-state index in [0.717, 1.165) is 17.4 Å². The number of phenolic OH excluding ortho intramolecular Hbond substituents is 1. The molecule has 0 heterocycles. The first-order valence-corrected chi connectivity index (χ1v) is 15.5. The molecule has 0 saturated carbocycles. The van der Waals surface area contributed by atoms with E-state index < -0.39 is 17.0 Å². The average Bonchev–Trinajstić information content (AvgIpc) is 2.62. The number of nitrogens with zero attached hydrogens (tertiary/aromatic N) is 1. The van der Waals surface area contributed by atoms with Crippen molar-refractivity contribution in [2.45, 2.75) is 66.2 Å². The van der Waals surface area contributed by atoms with E-state index in [1.54, 1.807) is 0 Å². The zero-order chi connectivity index (χ0) is 23.3. The van der Waals surface area contributed by atoms with Crippen LogP contribution in [-0.4, -0.2) is 18.7 Å². The molecule has 0 aliphatic rings. The van der Waals surface area contributed by atoms with Crippen LogP contribution < -0.4 is 15.5 Å². The molecule has 30 heavy (non-hydrogen) atoms. The van der Waals surface area contributed by atoms with Crippen LogP contribution >= 0.6 is 27.2 Å². The number of aryl methyl sites for hydroxylation is 1. The topological polar surface area (TPSA) is 23.5 Å². The van der Waals surface area contributed by atoms with Crippen molar-refractivity contribution in [2.75, 3.05) is 18.5 Å². The van der Waals surface area contributed by atoms with Gasteiger partial charge < -0.3 is 10.0 Å². The van der Waals surface area contributed by atoms with Crippen LogP contribution in [0.1, 0.15) is 65.2 Å². The second-order valence-corrected chi connectivity index (χ2v) is 13.5. The number of hydrogen-bond acceptors (Lipinski definition) is 2. The molecule has 2 aromatic rings. The van der Waals surface area contributed by atoms with Gasteiger partial charge in [-0.2, -0.15) is 0 Å². The summed E-state index contributed by atoms with van der Waals surface area (Å²) >= 11 is -0.556. The molecule has 0 aromatic heterocycles. The van der Waals surface area contributed by atoms with Gasteiger partial charge in [0.1, 0.15) is 5.75 Å². The third-order valence-corrected chi connectivity index (χ3v) is 6.73. The molecular formula is C24H36Cl2NOPTi. The number of anilines is 1. The standard InChI is InChI=1S/C24H36NOP.2ClH.Ti/c1-10-25(9)19-13-11-12-16(2)22(19)27-20-15-17(23(3,4)5)14-18(21(20)26)24(6,7)8;;;/h11-15,26-27H,10H2,1-9H3;2*1H;/q;;;+2/p-2. The van der Waals surface area contributed by atoms with Gasteiger partial charge in [0.2, 0.25) is 0 Å². The summed E-state index contributed by atoms with van der Waals surface area (Å²) in [6.07, 6.45) is 0. The van der Waals surface area contributed by atoms with Crippen molar-refractivity contribution in [3.05, 3.63) is 47.0 Å². The summed E-state index contributed by atoms with van der Waals surface area (Å²) in [5.41, 5.74) is 4.81. The Bertz CT molecular complexity index is 844. The van der Waals surface area contributed by atoms with E-state index in [0.29, 0.717) is 14.3 Å². The van der Waals surface area contributed by atoms with E-state index >= 15 is 0 Å². The predicted molar refractivity (Wildman–Crippen MR) is 135 cm³/mol. The number of benzene rings is 2. The molecule has 0 spiro atoms. The first-order valence-electron chi connectivity index (χ1n) is 10.2. The molecule has 1 N–H and O–H groups in total. The van der Waals surface area contributed by atoms with Crippen LogP contribution in [0.2, 0.25) is 0 Å². The van der Waals surface area contributed by atoms with Crippen molar-refractivity contribution >= 4 is 43.5 Å². The molecule has 0 amide bonds. The molecule has 0 saturated heterocycles. The molecular weight excluding hydrogens is 468 g/mol. The van der Waals surface area contributed by atoms with Crippen molar-refractivity contribution in [3.8, 4) is 5.75 Å². The zero-order valence-corrected chi connectivity index (χ0v) is 23.8. The Hall–Kier alpha value is -0.236. The van der Waals surface area contributed by atoms with Gasteiger partial charge in [0.05, 0.1) is 0 Å². The monoisotopic (exact) mass is 503 g/mol. The molecule has 0 bridgehead atoms. The van der Waals surface area contributed by atoms with Gasteiger partial charge in [-0.3, -0.25) is 0 Å². The van der Waals surface area contributed by atoms with Crippen molar-refractivity contribution in [3.63, 3.8) is 0 Å². The van der Waals surface area contributed by atoms with E-state index in [1.807, 2.05) is 0 Å². The van der Waals surface area contributed by atoms with Crippen molar-refractivity contribution in [2.24, 2.45) is 0 Å². The molecule has 6 heteroatoms. The van der Waals surface area contributed by atoms with Crippen LogP contribution in [0.25, 0.3) is 0 Å².